The molecular weight excluding hydrogens is 477 g/mol. The summed E-state index contributed by atoms with van der Waals surface area (Å²) in [5, 5.41) is 9.12. The fourth-order valence-electron chi connectivity index (χ4n) is 3.93. The van der Waals surface area contributed by atoms with Gasteiger partial charge in [0, 0.05) is 22.9 Å². The fraction of sp³-hybridized carbons (Fsp3) is 0.0370. The van der Waals surface area contributed by atoms with Gasteiger partial charge in [-0.3, -0.25) is 4.79 Å². The normalized spacial score (nSPS) is 11.9. The molecule has 6 rings (SSSR count). The molecule has 176 valence electrons. The highest BCUT2D eigenvalue weighted by molar-refractivity contribution is 7.15. The fourth-order valence-corrected chi connectivity index (χ4v) is 4.83. The minimum Gasteiger partial charge on any atom is -0.494 e. The van der Waals surface area contributed by atoms with Crippen LogP contribution in [0.25, 0.3) is 39.4 Å². The van der Waals surface area contributed by atoms with Crippen molar-refractivity contribution in [1.29, 1.82) is 0 Å². The van der Waals surface area contributed by atoms with Gasteiger partial charge < -0.3 is 4.74 Å². The number of methoxy groups -OCH3 is 1. The molecule has 36 heavy (non-hydrogen) atoms. The average molecular weight is 496 g/mol. The topological polar surface area (TPSA) is 74.3 Å². The summed E-state index contributed by atoms with van der Waals surface area (Å²) in [5.74, 6) is 0.150. The van der Waals surface area contributed by atoms with Gasteiger partial charge in [-0.1, -0.05) is 59.9 Å². The smallest absolute Gasteiger partial charge is 0.291 e. The van der Waals surface area contributed by atoms with Crippen LogP contribution in [0.4, 0.5) is 4.39 Å². The molecule has 0 bridgehead atoms. The Morgan fingerprint density at radius 3 is 2.39 bits per heavy atom. The second kappa shape index (κ2) is 8.86. The van der Waals surface area contributed by atoms with E-state index in [0.29, 0.717) is 32.1 Å². The summed E-state index contributed by atoms with van der Waals surface area (Å²) in [6.07, 6.45) is 3.56. The van der Waals surface area contributed by atoms with Crippen molar-refractivity contribution in [3.63, 3.8) is 0 Å². The van der Waals surface area contributed by atoms with Gasteiger partial charge in [0.1, 0.15) is 5.69 Å². The number of hydrogen-bond donors (Lipinski definition) is 0. The zero-order chi connectivity index (χ0) is 24.6. The van der Waals surface area contributed by atoms with Gasteiger partial charge in [0.25, 0.3) is 5.56 Å². The Balaban J connectivity index is 1.50. The number of para-hydroxylation sites is 1. The Kier molecular flexibility index (Phi) is 5.38. The minimum atomic E-state index is -0.494. The Morgan fingerprint density at radius 1 is 0.944 bits per heavy atom. The van der Waals surface area contributed by atoms with Crippen molar-refractivity contribution in [1.82, 2.24) is 24.4 Å². The van der Waals surface area contributed by atoms with E-state index in [1.165, 1.54) is 29.0 Å². The highest BCUT2D eigenvalue weighted by atomic mass is 32.1. The molecule has 3 aromatic carbocycles. The van der Waals surface area contributed by atoms with Crippen LogP contribution >= 0.6 is 11.3 Å². The Labute approximate surface area is 208 Å². The molecule has 0 aliphatic heterocycles. The van der Waals surface area contributed by atoms with Crippen molar-refractivity contribution in [3.05, 3.63) is 111 Å². The number of benzene rings is 3. The number of ether oxygens (including phenoxy) is 1. The molecule has 7 nitrogen and oxygen atoms in total. The maximum atomic E-state index is 14.5. The van der Waals surface area contributed by atoms with Crippen LogP contribution in [0, 0.1) is 5.82 Å². The number of nitrogens with zero attached hydrogens (tertiary/aromatic N) is 5. The highest BCUT2D eigenvalue weighted by Crippen LogP contribution is 2.28. The first-order valence-electron chi connectivity index (χ1n) is 11.1. The minimum absolute atomic E-state index is 0.147. The predicted octanol–water partition coefficient (Wildman–Crippen LogP) is 4.37. The molecule has 0 saturated carbocycles. The Hall–Kier alpha value is -4.63. The van der Waals surface area contributed by atoms with E-state index < -0.39 is 5.82 Å². The Morgan fingerprint density at radius 2 is 1.69 bits per heavy atom. The van der Waals surface area contributed by atoms with Crippen molar-refractivity contribution in [2.24, 2.45) is 0 Å². The average Bonchev–Trinajstić information content (AvgIpc) is 3.60. The van der Waals surface area contributed by atoms with E-state index in [4.69, 9.17) is 9.84 Å². The summed E-state index contributed by atoms with van der Waals surface area (Å²) in [5.41, 5.74) is 3.16. The van der Waals surface area contributed by atoms with Gasteiger partial charge in [-0.15, -0.1) is 5.10 Å². The van der Waals surface area contributed by atoms with Gasteiger partial charge >= 0.3 is 0 Å². The lowest BCUT2D eigenvalue weighted by atomic mass is 10.1. The van der Waals surface area contributed by atoms with Gasteiger partial charge in [0.2, 0.25) is 4.96 Å². The molecule has 0 atom stereocenters. The van der Waals surface area contributed by atoms with Crippen LogP contribution < -0.4 is 14.8 Å². The third-order valence-electron chi connectivity index (χ3n) is 5.69. The van der Waals surface area contributed by atoms with E-state index in [1.54, 1.807) is 22.9 Å². The predicted molar refractivity (Wildman–Crippen MR) is 137 cm³/mol. The lowest BCUT2D eigenvalue weighted by molar-refractivity contribution is 0.386. The number of aromatic nitrogens is 5. The number of rotatable bonds is 5. The zero-order valence-electron chi connectivity index (χ0n) is 19.0. The number of fused-ring (bicyclic) bond motifs is 1. The van der Waals surface area contributed by atoms with Gasteiger partial charge in [0.15, 0.2) is 17.4 Å². The van der Waals surface area contributed by atoms with Crippen LogP contribution in [-0.2, 0) is 0 Å². The summed E-state index contributed by atoms with van der Waals surface area (Å²) >= 11 is 1.24. The molecule has 0 aliphatic rings. The largest absolute Gasteiger partial charge is 0.494 e. The van der Waals surface area contributed by atoms with Crippen molar-refractivity contribution in [3.8, 4) is 34.1 Å². The first-order valence-corrected chi connectivity index (χ1v) is 11.9. The first kappa shape index (κ1) is 21.9. The lowest BCUT2D eigenvalue weighted by Crippen LogP contribution is -2.23. The van der Waals surface area contributed by atoms with Crippen LogP contribution in [0.3, 0.4) is 0 Å². The molecule has 0 radical (unpaired) electrons. The van der Waals surface area contributed by atoms with Crippen molar-refractivity contribution in [2.75, 3.05) is 7.11 Å². The van der Waals surface area contributed by atoms with E-state index in [2.05, 4.69) is 10.1 Å². The van der Waals surface area contributed by atoms with E-state index in [9.17, 15) is 9.18 Å². The molecule has 0 spiro atoms. The molecule has 3 heterocycles. The molecule has 0 unspecified atom stereocenters. The monoisotopic (exact) mass is 495 g/mol. The molecular formula is C27H18FN5O2S. The zero-order valence-corrected chi connectivity index (χ0v) is 19.8. The SMILES string of the molecule is COc1ccc(-c2nn(-c3ccccc3)cc2/C=c2\sc3nc(-c4ccccc4)nn3c2=O)cc1F. The van der Waals surface area contributed by atoms with E-state index in [0.717, 1.165) is 11.3 Å². The maximum Gasteiger partial charge on any atom is 0.291 e. The summed E-state index contributed by atoms with van der Waals surface area (Å²) < 4.78 is 23.1. The quantitative estimate of drug-likeness (QED) is 0.355. The van der Waals surface area contributed by atoms with Gasteiger partial charge in [0.05, 0.1) is 17.3 Å². The van der Waals surface area contributed by atoms with Gasteiger partial charge in [-0.2, -0.15) is 14.6 Å². The molecule has 0 saturated heterocycles. The summed E-state index contributed by atoms with van der Waals surface area (Å²) in [7, 11) is 1.42. The second-order valence-corrected chi connectivity index (χ2v) is 8.98. The van der Waals surface area contributed by atoms with Crippen LogP contribution in [-0.4, -0.2) is 31.5 Å². The van der Waals surface area contributed by atoms with Crippen molar-refractivity contribution < 1.29 is 9.13 Å². The molecule has 9 heteroatoms. The molecule has 6 aromatic rings. The number of hydrogen-bond acceptors (Lipinski definition) is 6. The van der Waals surface area contributed by atoms with Crippen LogP contribution in [0.15, 0.2) is 89.9 Å². The number of thiazole rings is 1. The van der Waals surface area contributed by atoms with Crippen molar-refractivity contribution in [2.45, 2.75) is 0 Å². The third-order valence-corrected chi connectivity index (χ3v) is 6.65. The summed E-state index contributed by atoms with van der Waals surface area (Å²) in [6, 6.07) is 23.8. The van der Waals surface area contributed by atoms with Crippen molar-refractivity contribution >= 4 is 22.4 Å². The van der Waals surface area contributed by atoms with Crippen LogP contribution in [0.2, 0.25) is 0 Å². The first-order chi connectivity index (χ1) is 17.6. The molecule has 3 aromatic heterocycles. The molecule has 0 amide bonds. The van der Waals surface area contributed by atoms with Gasteiger partial charge in [-0.05, 0) is 36.4 Å². The number of halogens is 1. The van der Waals surface area contributed by atoms with E-state index >= 15 is 0 Å². The molecule has 0 N–H and O–H groups in total. The van der Waals surface area contributed by atoms with Crippen LogP contribution in [0.5, 0.6) is 5.75 Å². The third kappa shape index (κ3) is 3.85. The summed E-state index contributed by atoms with van der Waals surface area (Å²) in [6.45, 7) is 0. The molecule has 0 aliphatic carbocycles. The second-order valence-electron chi connectivity index (χ2n) is 7.97. The van der Waals surface area contributed by atoms with Gasteiger partial charge in [-0.25, -0.2) is 9.07 Å². The lowest BCUT2D eigenvalue weighted by Gasteiger charge is -2.04. The standard InChI is InChI=1S/C27H18FN5O2S/c1-35-22-13-12-18(14-21(22)28)24-19(16-32(30-24)20-10-6-3-7-11-20)15-23-26(34)33-27(36-23)29-25(31-33)17-8-4-2-5-9-17/h2-16H,1H3/b23-15-. The Bertz CT molecular complexity index is 1810. The van der Waals surface area contributed by atoms with E-state index in [-0.39, 0.29) is 11.3 Å². The summed E-state index contributed by atoms with van der Waals surface area (Å²) in [4.78, 5) is 18.2. The van der Waals surface area contributed by atoms with E-state index in [1.807, 2.05) is 66.9 Å². The highest BCUT2D eigenvalue weighted by Gasteiger charge is 2.16. The molecule has 0 fully saturated rings. The van der Waals surface area contributed by atoms with Crippen LogP contribution in [0.1, 0.15) is 5.56 Å². The maximum absolute atomic E-state index is 14.5.